The SMILES string of the molecule is C=N[C@@H](C(=O)O[C@H](COC(=O)[C@H](O)C(C)C)[C@@H](OC(C)=O)[C@H](OC(C)=O)[C@@H](COC(=O)[C@H](O)C(C)C)OC(=O)[C@H](N=C)C(C)C)C(C)C. The molecule has 0 aromatic rings. The molecule has 2 N–H and O–H groups in total. The maximum Gasteiger partial charge on any atom is 0.335 e. The standard InChI is InChI=1S/C32H52N2O14/c1-15(2)23(33-11)29(39)47-21(13-43-31(41)25(37)17(5)6)27(45-19(9)35)28(46-20(10)36)22(14-44-32(42)26(38)18(7)8)48-30(40)24(34-12)16(3)4/h15-18,21-28,37-38H,11-14H2,1-10H3/t21-,22-,23-,24-,25-,26-,27-,28-/m1/s1. The zero-order chi connectivity index (χ0) is 37.5. The van der Waals surface area contributed by atoms with Crippen molar-refractivity contribution in [2.24, 2.45) is 33.7 Å². The topological polar surface area (TPSA) is 223 Å². The second-order valence-electron chi connectivity index (χ2n) is 12.5. The zero-order valence-corrected chi connectivity index (χ0v) is 29.4. The van der Waals surface area contributed by atoms with E-state index in [9.17, 15) is 39.0 Å². The molecule has 0 heterocycles. The number of hydrogen-bond donors (Lipinski definition) is 2. The molecule has 0 spiro atoms. The fourth-order valence-corrected chi connectivity index (χ4v) is 4.08. The van der Waals surface area contributed by atoms with Crippen LogP contribution in [0.2, 0.25) is 0 Å². The molecule has 0 saturated carbocycles. The van der Waals surface area contributed by atoms with E-state index in [1.165, 1.54) is 0 Å². The molecule has 0 aromatic heterocycles. The predicted octanol–water partition coefficient (Wildman–Crippen LogP) is 1.24. The van der Waals surface area contributed by atoms with E-state index in [2.05, 4.69) is 23.4 Å². The summed E-state index contributed by atoms with van der Waals surface area (Å²) in [5, 5.41) is 20.4. The Balaban J connectivity index is 7.25. The molecule has 0 rings (SSSR count). The normalized spacial score (nSPS) is 16.4. The van der Waals surface area contributed by atoms with Crippen molar-refractivity contribution in [1.29, 1.82) is 0 Å². The Labute approximate surface area is 281 Å². The number of ether oxygens (including phenoxy) is 6. The van der Waals surface area contributed by atoms with Crippen LogP contribution in [-0.2, 0) is 57.2 Å². The Hall–Kier alpha value is -3.92. The summed E-state index contributed by atoms with van der Waals surface area (Å²) in [7, 11) is 0. The first-order valence-electron chi connectivity index (χ1n) is 15.6. The number of nitrogens with zero attached hydrogens (tertiary/aromatic N) is 2. The largest absolute Gasteiger partial charge is 0.460 e. The Morgan fingerprint density at radius 2 is 0.812 bits per heavy atom. The van der Waals surface area contributed by atoms with E-state index in [0.717, 1.165) is 13.8 Å². The van der Waals surface area contributed by atoms with Gasteiger partial charge in [-0.2, -0.15) is 0 Å². The van der Waals surface area contributed by atoms with Crippen LogP contribution in [0.1, 0.15) is 69.2 Å². The van der Waals surface area contributed by atoms with E-state index in [-0.39, 0.29) is 0 Å². The molecule has 8 atom stereocenters. The minimum Gasteiger partial charge on any atom is -0.460 e. The summed E-state index contributed by atoms with van der Waals surface area (Å²) in [6.07, 6.45) is -10.5. The minimum absolute atomic E-state index is 0.433. The highest BCUT2D eigenvalue weighted by Crippen LogP contribution is 2.24. The van der Waals surface area contributed by atoms with E-state index in [0.29, 0.717) is 0 Å². The maximum atomic E-state index is 13.3. The third kappa shape index (κ3) is 14.5. The molecule has 16 heteroatoms. The van der Waals surface area contributed by atoms with Crippen molar-refractivity contribution in [3.05, 3.63) is 0 Å². The Bertz CT molecular complexity index is 1040. The zero-order valence-electron chi connectivity index (χ0n) is 29.4. The van der Waals surface area contributed by atoms with Gasteiger partial charge in [0.05, 0.1) is 0 Å². The van der Waals surface area contributed by atoms with Crippen molar-refractivity contribution in [3.8, 4) is 0 Å². The Morgan fingerprint density at radius 3 is 1.02 bits per heavy atom. The lowest BCUT2D eigenvalue weighted by atomic mass is 10.0. The van der Waals surface area contributed by atoms with Gasteiger partial charge in [0.2, 0.25) is 0 Å². The van der Waals surface area contributed by atoms with Crippen molar-refractivity contribution in [2.45, 2.75) is 118 Å². The fourth-order valence-electron chi connectivity index (χ4n) is 4.08. The molecule has 0 aliphatic carbocycles. The van der Waals surface area contributed by atoms with Crippen molar-refractivity contribution in [2.75, 3.05) is 13.2 Å². The maximum absolute atomic E-state index is 13.3. The first-order valence-corrected chi connectivity index (χ1v) is 15.6. The highest BCUT2D eigenvalue weighted by molar-refractivity contribution is 5.78. The van der Waals surface area contributed by atoms with Gasteiger partial charge in [0, 0.05) is 13.8 Å². The number of carbonyl (C=O) groups excluding carboxylic acids is 6. The Morgan fingerprint density at radius 1 is 0.521 bits per heavy atom. The molecular formula is C32H52N2O14. The molecule has 0 saturated heterocycles. The molecule has 0 aromatic carbocycles. The van der Waals surface area contributed by atoms with Crippen LogP contribution in [0.3, 0.4) is 0 Å². The molecule has 0 unspecified atom stereocenters. The molecular weight excluding hydrogens is 636 g/mol. The van der Waals surface area contributed by atoms with Crippen LogP contribution >= 0.6 is 0 Å². The van der Waals surface area contributed by atoms with Gasteiger partial charge in [-0.25, -0.2) is 19.2 Å². The number of aliphatic imine (C=N–C) groups is 2. The number of carbonyl (C=O) groups is 6. The third-order valence-electron chi connectivity index (χ3n) is 6.86. The quantitative estimate of drug-likeness (QED) is 0.0984. The second kappa shape index (κ2) is 21.1. The summed E-state index contributed by atoms with van der Waals surface area (Å²) in [5.74, 6) is -8.24. The van der Waals surface area contributed by atoms with Gasteiger partial charge in [-0.05, 0) is 37.1 Å². The summed E-state index contributed by atoms with van der Waals surface area (Å²) in [6.45, 7) is 19.8. The molecule has 0 amide bonds. The highest BCUT2D eigenvalue weighted by Gasteiger charge is 2.46. The average Bonchev–Trinajstić information content (AvgIpc) is 2.97. The number of hydrogen-bond acceptors (Lipinski definition) is 16. The molecule has 0 fully saturated rings. The van der Waals surface area contributed by atoms with E-state index < -0.39 is 121 Å². The van der Waals surface area contributed by atoms with E-state index >= 15 is 0 Å². The lowest BCUT2D eigenvalue weighted by Gasteiger charge is -2.36. The van der Waals surface area contributed by atoms with Crippen LogP contribution in [0, 0.1) is 23.7 Å². The highest BCUT2D eigenvalue weighted by atomic mass is 16.6. The van der Waals surface area contributed by atoms with Crippen LogP contribution in [0.25, 0.3) is 0 Å². The van der Waals surface area contributed by atoms with Crippen LogP contribution < -0.4 is 0 Å². The number of aliphatic hydroxyl groups is 2. The van der Waals surface area contributed by atoms with Crippen LogP contribution in [0.5, 0.6) is 0 Å². The van der Waals surface area contributed by atoms with Crippen molar-refractivity contribution < 1.29 is 67.4 Å². The number of aliphatic hydroxyl groups excluding tert-OH is 2. The first-order chi connectivity index (χ1) is 22.2. The van der Waals surface area contributed by atoms with Crippen LogP contribution in [-0.4, -0.2) is 121 Å². The van der Waals surface area contributed by atoms with Gasteiger partial charge < -0.3 is 38.6 Å². The van der Waals surface area contributed by atoms with Gasteiger partial charge in [-0.15, -0.1) is 0 Å². The van der Waals surface area contributed by atoms with Gasteiger partial charge in [0.25, 0.3) is 0 Å². The summed E-state index contributed by atoms with van der Waals surface area (Å²) in [5.41, 5.74) is 0. The van der Waals surface area contributed by atoms with Crippen molar-refractivity contribution >= 4 is 49.3 Å². The molecule has 0 radical (unpaired) electrons. The summed E-state index contributed by atoms with van der Waals surface area (Å²) in [4.78, 5) is 84.2. The lowest BCUT2D eigenvalue weighted by Crippen LogP contribution is -2.55. The predicted molar refractivity (Wildman–Crippen MR) is 171 cm³/mol. The molecule has 16 nitrogen and oxygen atoms in total. The monoisotopic (exact) mass is 688 g/mol. The van der Waals surface area contributed by atoms with E-state index in [1.807, 2.05) is 0 Å². The molecule has 48 heavy (non-hydrogen) atoms. The Kier molecular flexibility index (Phi) is 19.4. The average molecular weight is 689 g/mol. The van der Waals surface area contributed by atoms with E-state index in [1.54, 1.807) is 55.4 Å². The first kappa shape index (κ1) is 44.1. The molecule has 0 bridgehead atoms. The van der Waals surface area contributed by atoms with Gasteiger partial charge in [-0.1, -0.05) is 55.4 Å². The second-order valence-corrected chi connectivity index (χ2v) is 12.5. The van der Waals surface area contributed by atoms with Gasteiger partial charge in [-0.3, -0.25) is 19.6 Å². The molecule has 0 aliphatic heterocycles. The summed E-state index contributed by atoms with van der Waals surface area (Å²) in [6, 6.07) is -2.29. The lowest BCUT2D eigenvalue weighted by molar-refractivity contribution is -0.210. The van der Waals surface area contributed by atoms with Gasteiger partial charge in [0.15, 0.2) is 36.6 Å². The van der Waals surface area contributed by atoms with Crippen molar-refractivity contribution in [1.82, 2.24) is 0 Å². The summed E-state index contributed by atoms with van der Waals surface area (Å²) >= 11 is 0. The number of esters is 6. The molecule has 274 valence electrons. The van der Waals surface area contributed by atoms with Gasteiger partial charge >= 0.3 is 35.8 Å². The molecule has 0 aliphatic rings. The van der Waals surface area contributed by atoms with Crippen LogP contribution in [0.4, 0.5) is 0 Å². The summed E-state index contributed by atoms with van der Waals surface area (Å²) < 4.78 is 32.6. The minimum atomic E-state index is -1.89. The van der Waals surface area contributed by atoms with Crippen molar-refractivity contribution in [3.63, 3.8) is 0 Å². The number of rotatable bonds is 21. The van der Waals surface area contributed by atoms with E-state index in [4.69, 9.17) is 28.4 Å². The fraction of sp³-hybridized carbons (Fsp3) is 0.750. The van der Waals surface area contributed by atoms with Crippen LogP contribution in [0.15, 0.2) is 9.98 Å². The van der Waals surface area contributed by atoms with Gasteiger partial charge in [0.1, 0.15) is 25.3 Å². The third-order valence-corrected chi connectivity index (χ3v) is 6.86. The smallest absolute Gasteiger partial charge is 0.335 e.